The first-order valence-corrected chi connectivity index (χ1v) is 8.22. The fourth-order valence-electron chi connectivity index (χ4n) is 3.57. The van der Waals surface area contributed by atoms with Crippen LogP contribution in [0.1, 0.15) is 25.3 Å². The second-order valence-corrected chi connectivity index (χ2v) is 7.02. The lowest BCUT2D eigenvalue weighted by Gasteiger charge is -2.30. The third-order valence-electron chi connectivity index (χ3n) is 5.30. The molecule has 1 N–H and O–H groups in total. The summed E-state index contributed by atoms with van der Waals surface area (Å²) in [6, 6.07) is 8.22. The van der Waals surface area contributed by atoms with E-state index in [-0.39, 0.29) is 17.2 Å². The number of piperidine rings is 1. The monoisotopic (exact) mass is 315 g/mol. The summed E-state index contributed by atoms with van der Waals surface area (Å²) in [5, 5.41) is 3.09. The Bertz CT molecular complexity index is 611. The Morgan fingerprint density at radius 1 is 1.30 bits per heavy atom. The van der Waals surface area contributed by atoms with Gasteiger partial charge in [-0.15, -0.1) is 0 Å². The van der Waals surface area contributed by atoms with E-state index in [9.17, 15) is 9.59 Å². The molecule has 1 aliphatic heterocycles. The number of rotatable bonds is 4. The van der Waals surface area contributed by atoms with E-state index in [0.717, 1.165) is 30.6 Å². The molecule has 0 bridgehead atoms. The molecule has 5 heteroatoms. The van der Waals surface area contributed by atoms with Crippen molar-refractivity contribution in [2.45, 2.75) is 26.3 Å². The average Bonchev–Trinajstić information content (AvgIpc) is 3.27. The highest BCUT2D eigenvalue weighted by Crippen LogP contribution is 2.58. The molecule has 0 spiro atoms. The normalized spacial score (nSPS) is 25.5. The number of hydrogen-bond donors (Lipinski definition) is 1. The zero-order valence-electron chi connectivity index (χ0n) is 14.1. The van der Waals surface area contributed by atoms with Crippen LogP contribution in [0.25, 0.3) is 0 Å². The van der Waals surface area contributed by atoms with Crippen molar-refractivity contribution in [3.63, 3.8) is 0 Å². The van der Waals surface area contributed by atoms with Crippen LogP contribution in [0.2, 0.25) is 0 Å². The molecule has 2 atom stereocenters. The molecule has 1 saturated heterocycles. The van der Waals surface area contributed by atoms with Crippen molar-refractivity contribution in [3.05, 3.63) is 29.8 Å². The molecule has 3 rings (SSSR count). The molecule has 0 radical (unpaired) electrons. The minimum Gasteiger partial charge on any atom is -0.378 e. The summed E-state index contributed by atoms with van der Waals surface area (Å²) in [6.45, 7) is 3.61. The van der Waals surface area contributed by atoms with Crippen molar-refractivity contribution in [1.29, 1.82) is 0 Å². The second kappa shape index (κ2) is 5.87. The molecule has 1 aromatic rings. The van der Waals surface area contributed by atoms with Gasteiger partial charge in [-0.1, -0.05) is 12.1 Å². The predicted octanol–water partition coefficient (Wildman–Crippen LogP) is 1.63. The van der Waals surface area contributed by atoms with Crippen LogP contribution >= 0.6 is 0 Å². The Morgan fingerprint density at radius 3 is 2.57 bits per heavy atom. The lowest BCUT2D eigenvalue weighted by atomic mass is 9.94. The van der Waals surface area contributed by atoms with Gasteiger partial charge in [0.1, 0.15) is 0 Å². The van der Waals surface area contributed by atoms with Crippen molar-refractivity contribution in [3.8, 4) is 0 Å². The summed E-state index contributed by atoms with van der Waals surface area (Å²) in [5.41, 5.74) is 2.05. The minimum atomic E-state index is -0.213. The Morgan fingerprint density at radius 2 is 2.00 bits per heavy atom. The molecule has 124 valence electrons. The molecule has 2 amide bonds. The number of benzene rings is 1. The zero-order valence-corrected chi connectivity index (χ0v) is 14.1. The van der Waals surface area contributed by atoms with E-state index in [1.807, 2.05) is 19.0 Å². The third-order valence-corrected chi connectivity index (χ3v) is 5.30. The number of carbonyl (C=O) groups is 2. The molecule has 1 saturated carbocycles. The van der Waals surface area contributed by atoms with Gasteiger partial charge in [-0.25, -0.2) is 0 Å². The fraction of sp³-hybridized carbons (Fsp3) is 0.556. The fourth-order valence-corrected chi connectivity index (χ4v) is 3.57. The average molecular weight is 315 g/mol. The Labute approximate surface area is 137 Å². The van der Waals surface area contributed by atoms with Gasteiger partial charge in [0.15, 0.2) is 0 Å². The summed E-state index contributed by atoms with van der Waals surface area (Å²) < 4.78 is 0. The van der Waals surface area contributed by atoms with Crippen molar-refractivity contribution in [2.75, 3.05) is 32.1 Å². The number of fused-ring (bicyclic) bond motifs is 1. The summed E-state index contributed by atoms with van der Waals surface area (Å²) >= 11 is 0. The largest absolute Gasteiger partial charge is 0.378 e. The number of nitrogens with zero attached hydrogens (tertiary/aromatic N) is 2. The van der Waals surface area contributed by atoms with Crippen molar-refractivity contribution in [2.24, 2.45) is 11.3 Å². The first-order chi connectivity index (χ1) is 10.9. The van der Waals surface area contributed by atoms with Crippen LogP contribution in [0.4, 0.5) is 5.69 Å². The molecule has 2 fully saturated rings. The molecule has 0 aromatic heterocycles. The van der Waals surface area contributed by atoms with Crippen LogP contribution in [0, 0.1) is 11.3 Å². The lowest BCUT2D eigenvalue weighted by Crippen LogP contribution is -2.43. The topological polar surface area (TPSA) is 52.7 Å². The summed E-state index contributed by atoms with van der Waals surface area (Å²) in [6.07, 6.45) is 1.71. The second-order valence-electron chi connectivity index (χ2n) is 7.02. The maximum Gasteiger partial charge on any atom is 0.226 e. The van der Waals surface area contributed by atoms with Crippen molar-refractivity contribution >= 4 is 17.5 Å². The smallest absolute Gasteiger partial charge is 0.226 e. The van der Waals surface area contributed by atoms with E-state index < -0.39 is 0 Å². The number of nitrogens with one attached hydrogen (secondary N) is 1. The molecule has 1 aromatic carbocycles. The van der Waals surface area contributed by atoms with Gasteiger partial charge in [0.05, 0.1) is 5.41 Å². The quantitative estimate of drug-likeness (QED) is 0.919. The van der Waals surface area contributed by atoms with Gasteiger partial charge in [0.2, 0.25) is 11.8 Å². The van der Waals surface area contributed by atoms with Crippen LogP contribution in [0.5, 0.6) is 0 Å². The van der Waals surface area contributed by atoms with Crippen LogP contribution in [0.3, 0.4) is 0 Å². The maximum absolute atomic E-state index is 12.6. The summed E-state index contributed by atoms with van der Waals surface area (Å²) in [5.74, 6) is 0.616. The molecule has 0 unspecified atom stereocenters. The molecule has 2 aliphatic rings. The molecule has 1 heterocycles. The van der Waals surface area contributed by atoms with Gasteiger partial charge in [0.25, 0.3) is 0 Å². The molecule has 1 aliphatic carbocycles. The Kier molecular flexibility index (Phi) is 4.04. The van der Waals surface area contributed by atoms with Crippen LogP contribution in [-0.2, 0) is 16.1 Å². The molecule has 5 nitrogen and oxygen atoms in total. The number of likely N-dealkylation sites (tertiary alicyclic amines) is 1. The summed E-state index contributed by atoms with van der Waals surface area (Å²) in [4.78, 5) is 27.9. The van der Waals surface area contributed by atoms with E-state index in [1.54, 1.807) is 6.92 Å². The van der Waals surface area contributed by atoms with E-state index in [1.165, 1.54) is 0 Å². The van der Waals surface area contributed by atoms with Gasteiger partial charge >= 0.3 is 0 Å². The van der Waals surface area contributed by atoms with Crippen LogP contribution < -0.4 is 10.2 Å². The van der Waals surface area contributed by atoms with E-state index in [2.05, 4.69) is 34.5 Å². The molecule has 23 heavy (non-hydrogen) atoms. The summed E-state index contributed by atoms with van der Waals surface area (Å²) in [7, 11) is 4.02. The Hall–Kier alpha value is -2.04. The van der Waals surface area contributed by atoms with Gasteiger partial charge in [-0.3, -0.25) is 9.59 Å². The highest BCUT2D eigenvalue weighted by molar-refractivity contribution is 5.86. The van der Waals surface area contributed by atoms with Gasteiger partial charge in [-0.2, -0.15) is 0 Å². The maximum atomic E-state index is 12.6. The van der Waals surface area contributed by atoms with E-state index >= 15 is 0 Å². The predicted molar refractivity (Wildman–Crippen MR) is 90.0 cm³/mol. The van der Waals surface area contributed by atoms with Crippen LogP contribution in [0.15, 0.2) is 24.3 Å². The standard InChI is InChI=1S/C18H25N3O2/c1-13(22)21-9-8-18(10-15(18)12-21)17(23)19-11-14-4-6-16(7-5-14)20(2)3/h4-7,15H,8-12H2,1-3H3,(H,19,23)/t15-,18+/m1/s1. The third kappa shape index (κ3) is 3.05. The molecular weight excluding hydrogens is 290 g/mol. The first kappa shape index (κ1) is 15.8. The van der Waals surface area contributed by atoms with Crippen molar-refractivity contribution in [1.82, 2.24) is 10.2 Å². The highest BCUT2D eigenvalue weighted by Gasteiger charge is 2.61. The zero-order chi connectivity index (χ0) is 16.6. The van der Waals surface area contributed by atoms with E-state index in [4.69, 9.17) is 0 Å². The number of hydrogen-bond acceptors (Lipinski definition) is 3. The number of amides is 2. The van der Waals surface area contributed by atoms with Crippen LogP contribution in [-0.4, -0.2) is 43.9 Å². The minimum absolute atomic E-state index is 0.117. The number of carbonyl (C=O) groups excluding carboxylic acids is 2. The van der Waals surface area contributed by atoms with Gasteiger partial charge < -0.3 is 15.1 Å². The van der Waals surface area contributed by atoms with Gasteiger partial charge in [0, 0.05) is 46.3 Å². The number of anilines is 1. The Balaban J connectivity index is 1.54. The SMILES string of the molecule is CC(=O)N1CC[C@]2(C(=O)NCc3ccc(N(C)C)cc3)C[C@@H]2C1. The lowest BCUT2D eigenvalue weighted by molar-refractivity contribution is -0.134. The van der Waals surface area contributed by atoms with Crippen molar-refractivity contribution < 1.29 is 9.59 Å². The van der Waals surface area contributed by atoms with Gasteiger partial charge in [-0.05, 0) is 36.5 Å². The van der Waals surface area contributed by atoms with E-state index in [0.29, 0.717) is 19.0 Å². The first-order valence-electron chi connectivity index (χ1n) is 8.22. The molecular formula is C18H25N3O2. The highest BCUT2D eigenvalue weighted by atomic mass is 16.2.